The largest absolute Gasteiger partial charge is 0.493 e. The fourth-order valence-electron chi connectivity index (χ4n) is 3.22. The number of benzene rings is 3. The minimum absolute atomic E-state index is 0.0123. The van der Waals surface area contributed by atoms with E-state index in [1.807, 2.05) is 55.5 Å². The predicted octanol–water partition coefficient (Wildman–Crippen LogP) is 4.72. The lowest BCUT2D eigenvalue weighted by Gasteiger charge is -2.11. The Labute approximate surface area is 193 Å². The zero-order valence-corrected chi connectivity index (χ0v) is 18.8. The number of carbonyl (C=O) groups excluding carboxylic acids is 1. The minimum Gasteiger partial charge on any atom is -0.493 e. The van der Waals surface area contributed by atoms with E-state index in [9.17, 15) is 9.59 Å². The molecule has 0 fully saturated rings. The fraction of sp³-hybridized carbons (Fsp3) is 0.259. The van der Waals surface area contributed by atoms with Crippen LogP contribution in [-0.2, 0) is 16.0 Å². The number of methoxy groups -OCH3 is 1. The maximum absolute atomic E-state index is 12.5. The summed E-state index contributed by atoms with van der Waals surface area (Å²) in [6.07, 6.45) is 0.134. The summed E-state index contributed by atoms with van der Waals surface area (Å²) in [6.45, 7) is 2.96. The zero-order valence-electron chi connectivity index (χ0n) is 18.8. The minimum atomic E-state index is -0.981. The van der Waals surface area contributed by atoms with Gasteiger partial charge in [-0.1, -0.05) is 42.0 Å². The summed E-state index contributed by atoms with van der Waals surface area (Å²) >= 11 is 0. The molecule has 6 heteroatoms. The van der Waals surface area contributed by atoms with Gasteiger partial charge in [0.1, 0.15) is 11.5 Å². The van der Waals surface area contributed by atoms with Crippen molar-refractivity contribution in [1.29, 1.82) is 0 Å². The molecular weight excluding hydrogens is 420 g/mol. The van der Waals surface area contributed by atoms with Crippen molar-refractivity contribution < 1.29 is 28.9 Å². The van der Waals surface area contributed by atoms with Crippen molar-refractivity contribution in [1.82, 2.24) is 0 Å². The second-order valence-corrected chi connectivity index (χ2v) is 7.68. The van der Waals surface area contributed by atoms with Crippen LogP contribution >= 0.6 is 0 Å². The van der Waals surface area contributed by atoms with Gasteiger partial charge in [0.05, 0.1) is 13.2 Å². The number of carbonyl (C=O) groups is 2. The van der Waals surface area contributed by atoms with Gasteiger partial charge in [0.15, 0.2) is 11.9 Å². The molecule has 0 saturated heterocycles. The van der Waals surface area contributed by atoms with E-state index < -0.39 is 12.1 Å². The van der Waals surface area contributed by atoms with Crippen LogP contribution in [0.5, 0.6) is 11.5 Å². The van der Waals surface area contributed by atoms with Gasteiger partial charge in [-0.3, -0.25) is 4.79 Å². The van der Waals surface area contributed by atoms with Crippen LogP contribution in [0.3, 0.4) is 0 Å². The Kier molecular flexibility index (Phi) is 8.61. The number of hydrogen-bond acceptors (Lipinski definition) is 5. The van der Waals surface area contributed by atoms with Crippen LogP contribution in [0.15, 0.2) is 72.8 Å². The topological polar surface area (TPSA) is 82.1 Å². The van der Waals surface area contributed by atoms with Crippen LogP contribution in [0.2, 0.25) is 0 Å². The van der Waals surface area contributed by atoms with E-state index in [4.69, 9.17) is 19.3 Å². The number of hydrogen-bond donors (Lipinski definition) is 1. The van der Waals surface area contributed by atoms with Gasteiger partial charge in [-0.05, 0) is 48.9 Å². The first-order valence-corrected chi connectivity index (χ1v) is 10.8. The van der Waals surface area contributed by atoms with E-state index in [1.165, 1.54) is 7.11 Å². The van der Waals surface area contributed by atoms with Gasteiger partial charge in [-0.2, -0.15) is 0 Å². The Balaban J connectivity index is 1.39. The van der Waals surface area contributed by atoms with Gasteiger partial charge >= 0.3 is 5.97 Å². The van der Waals surface area contributed by atoms with Crippen molar-refractivity contribution in [3.63, 3.8) is 0 Å². The molecule has 3 rings (SSSR count). The van der Waals surface area contributed by atoms with Gasteiger partial charge in [0.25, 0.3) is 0 Å². The third-order valence-electron chi connectivity index (χ3n) is 5.16. The maximum Gasteiger partial charge on any atom is 0.333 e. The summed E-state index contributed by atoms with van der Waals surface area (Å²) < 4.78 is 16.4. The lowest BCUT2D eigenvalue weighted by molar-refractivity contribution is -0.148. The summed E-state index contributed by atoms with van der Waals surface area (Å²) in [4.78, 5) is 23.6. The van der Waals surface area contributed by atoms with Crippen molar-refractivity contribution in [3.05, 3.63) is 95.1 Å². The average molecular weight is 449 g/mol. The van der Waals surface area contributed by atoms with Crippen LogP contribution in [-0.4, -0.2) is 43.3 Å². The second-order valence-electron chi connectivity index (χ2n) is 7.68. The average Bonchev–Trinajstić information content (AvgIpc) is 2.83. The molecule has 0 saturated carbocycles. The molecule has 0 heterocycles. The third-order valence-corrected chi connectivity index (χ3v) is 5.16. The highest BCUT2D eigenvalue weighted by Crippen LogP contribution is 2.17. The van der Waals surface area contributed by atoms with E-state index in [0.717, 1.165) is 11.1 Å². The molecule has 172 valence electrons. The first-order chi connectivity index (χ1) is 16.0. The Hall–Kier alpha value is -3.64. The summed E-state index contributed by atoms with van der Waals surface area (Å²) in [5.74, 6) is 0.417. The molecule has 0 amide bonds. The third kappa shape index (κ3) is 7.19. The lowest BCUT2D eigenvalue weighted by atomic mass is 10.0. The van der Waals surface area contributed by atoms with E-state index in [0.29, 0.717) is 48.7 Å². The van der Waals surface area contributed by atoms with Crippen LogP contribution in [0.25, 0.3) is 0 Å². The molecule has 0 radical (unpaired) electrons. The van der Waals surface area contributed by atoms with Gasteiger partial charge in [0, 0.05) is 31.1 Å². The zero-order chi connectivity index (χ0) is 23.6. The number of aliphatic carboxylic acids is 1. The standard InChI is InChI=1S/C27H28O6/c1-19-4-8-21(9-5-19)26(28)22-10-14-24(15-11-22)33-17-3-16-32-23-12-6-20(7-13-23)18-25(31-2)27(29)30/h4-15,25H,3,16-18H2,1-2H3,(H,29,30)/t25-/m0/s1. The Morgan fingerprint density at radius 2 is 1.27 bits per heavy atom. The molecule has 6 nitrogen and oxygen atoms in total. The monoisotopic (exact) mass is 448 g/mol. The number of carboxylic acid groups (broad SMARTS) is 1. The SMILES string of the molecule is CO[C@@H](Cc1ccc(OCCCOc2ccc(C(=O)c3ccc(C)cc3)cc2)cc1)C(=O)O. The second kappa shape index (κ2) is 11.8. The van der Waals surface area contributed by atoms with Crippen molar-refractivity contribution in [3.8, 4) is 11.5 Å². The molecule has 0 aliphatic rings. The highest BCUT2D eigenvalue weighted by atomic mass is 16.5. The predicted molar refractivity (Wildman–Crippen MR) is 125 cm³/mol. The van der Waals surface area contributed by atoms with Crippen LogP contribution < -0.4 is 9.47 Å². The molecule has 1 atom stereocenters. The van der Waals surface area contributed by atoms with E-state index >= 15 is 0 Å². The number of ketones is 1. The molecule has 0 aromatic heterocycles. The first-order valence-electron chi connectivity index (χ1n) is 10.8. The molecular formula is C27H28O6. The summed E-state index contributed by atoms with van der Waals surface area (Å²) in [5, 5.41) is 9.06. The lowest BCUT2D eigenvalue weighted by Crippen LogP contribution is -2.24. The fourth-order valence-corrected chi connectivity index (χ4v) is 3.22. The number of rotatable bonds is 12. The highest BCUT2D eigenvalue weighted by molar-refractivity contribution is 6.09. The van der Waals surface area contributed by atoms with Crippen molar-refractivity contribution in [2.24, 2.45) is 0 Å². The van der Waals surface area contributed by atoms with E-state index in [1.54, 1.807) is 24.3 Å². The number of aryl methyl sites for hydroxylation is 1. The maximum atomic E-state index is 12.5. The molecule has 0 bridgehead atoms. The summed E-state index contributed by atoms with van der Waals surface area (Å²) in [6, 6.07) is 22.0. The van der Waals surface area contributed by atoms with Crippen molar-refractivity contribution in [2.45, 2.75) is 25.9 Å². The van der Waals surface area contributed by atoms with Crippen LogP contribution in [0.1, 0.15) is 33.5 Å². The highest BCUT2D eigenvalue weighted by Gasteiger charge is 2.16. The number of carboxylic acids is 1. The Bertz CT molecular complexity index is 1040. The summed E-state index contributed by atoms with van der Waals surface area (Å²) in [5.41, 5.74) is 3.27. The molecule has 33 heavy (non-hydrogen) atoms. The molecule has 0 unspecified atom stereocenters. The van der Waals surface area contributed by atoms with Gasteiger partial charge in [-0.25, -0.2) is 4.79 Å². The van der Waals surface area contributed by atoms with Crippen molar-refractivity contribution >= 4 is 11.8 Å². The Morgan fingerprint density at radius 1 is 0.788 bits per heavy atom. The van der Waals surface area contributed by atoms with Crippen molar-refractivity contribution in [2.75, 3.05) is 20.3 Å². The molecule has 0 aliphatic heterocycles. The summed E-state index contributed by atoms with van der Waals surface area (Å²) in [7, 11) is 1.39. The first kappa shape index (κ1) is 24.0. The smallest absolute Gasteiger partial charge is 0.333 e. The Morgan fingerprint density at radius 3 is 1.76 bits per heavy atom. The molecule has 0 aliphatic carbocycles. The number of ether oxygens (including phenoxy) is 3. The molecule has 0 spiro atoms. The van der Waals surface area contributed by atoms with Gasteiger partial charge in [0.2, 0.25) is 0 Å². The molecule has 3 aromatic carbocycles. The molecule has 1 N–H and O–H groups in total. The van der Waals surface area contributed by atoms with Crippen LogP contribution in [0.4, 0.5) is 0 Å². The van der Waals surface area contributed by atoms with Gasteiger partial charge in [-0.15, -0.1) is 0 Å². The normalized spacial score (nSPS) is 11.6. The molecule has 3 aromatic rings. The quantitative estimate of drug-likeness (QED) is 0.319. The van der Waals surface area contributed by atoms with E-state index in [2.05, 4.69) is 0 Å². The van der Waals surface area contributed by atoms with Crippen LogP contribution in [0, 0.1) is 6.92 Å². The van der Waals surface area contributed by atoms with E-state index in [-0.39, 0.29) is 5.78 Å². The van der Waals surface area contributed by atoms with Gasteiger partial charge < -0.3 is 19.3 Å².